The van der Waals surface area contributed by atoms with Crippen LogP contribution in [0, 0.1) is 5.92 Å². The molecule has 6 heteroatoms. The molecule has 5 nitrogen and oxygen atoms in total. The van der Waals surface area contributed by atoms with Gasteiger partial charge in [0, 0.05) is 42.3 Å². The largest absolute Gasteiger partial charge is 0.352 e. The minimum atomic E-state index is -0.149. The fourth-order valence-corrected chi connectivity index (χ4v) is 2.78. The average Bonchev–Trinajstić information content (AvgIpc) is 3.01. The van der Waals surface area contributed by atoms with E-state index in [1.807, 2.05) is 35.0 Å². The Morgan fingerprint density at radius 3 is 2.86 bits per heavy atom. The van der Waals surface area contributed by atoms with E-state index >= 15 is 0 Å². The van der Waals surface area contributed by atoms with Crippen molar-refractivity contribution < 1.29 is 4.79 Å². The Hall–Kier alpha value is -2.27. The molecule has 0 saturated carbocycles. The maximum absolute atomic E-state index is 11.4. The Bertz CT molecular complexity index is 680. The molecule has 2 aromatic rings. The lowest BCUT2D eigenvalue weighted by Gasteiger charge is -2.34. The number of fused-ring (bicyclic) bond motifs is 1. The molecular weight excluding hydrogens is 300 g/mol. The van der Waals surface area contributed by atoms with Gasteiger partial charge in [-0.15, -0.1) is 0 Å². The first-order valence-corrected chi connectivity index (χ1v) is 7.50. The van der Waals surface area contributed by atoms with E-state index in [2.05, 4.69) is 21.9 Å². The maximum atomic E-state index is 11.4. The van der Waals surface area contributed by atoms with E-state index in [1.165, 1.54) is 6.08 Å². The van der Waals surface area contributed by atoms with Crippen LogP contribution in [0.1, 0.15) is 0 Å². The third kappa shape index (κ3) is 2.99. The second-order valence-electron chi connectivity index (χ2n) is 5.27. The van der Waals surface area contributed by atoms with Gasteiger partial charge in [0.25, 0.3) is 0 Å². The molecule has 0 fully saturated rings. The Labute approximate surface area is 134 Å². The Morgan fingerprint density at radius 2 is 2.14 bits per heavy atom. The van der Waals surface area contributed by atoms with Crippen molar-refractivity contribution in [2.24, 2.45) is 5.92 Å². The molecule has 114 valence electrons. The second-order valence-corrected chi connectivity index (χ2v) is 5.71. The Balaban J connectivity index is 1.81. The van der Waals surface area contributed by atoms with Crippen LogP contribution in [0.4, 0.5) is 11.5 Å². The van der Waals surface area contributed by atoms with Crippen LogP contribution in [0.25, 0.3) is 0 Å². The van der Waals surface area contributed by atoms with E-state index in [9.17, 15) is 4.79 Å². The molecule has 1 atom stereocenters. The van der Waals surface area contributed by atoms with Gasteiger partial charge in [0.2, 0.25) is 5.91 Å². The predicted molar refractivity (Wildman–Crippen MR) is 87.4 cm³/mol. The number of rotatable bonds is 4. The van der Waals surface area contributed by atoms with E-state index in [0.29, 0.717) is 11.6 Å². The van der Waals surface area contributed by atoms with Crippen LogP contribution in [-0.2, 0) is 11.3 Å². The average molecular weight is 317 g/mol. The van der Waals surface area contributed by atoms with Crippen molar-refractivity contribution in [3.8, 4) is 0 Å². The summed E-state index contributed by atoms with van der Waals surface area (Å²) < 4.78 is 1.96. The van der Waals surface area contributed by atoms with Crippen LogP contribution in [0.3, 0.4) is 0 Å². The minimum absolute atomic E-state index is 0.149. The molecule has 1 aromatic carbocycles. The molecule has 3 rings (SSSR count). The lowest BCUT2D eigenvalue weighted by molar-refractivity contribution is -0.116. The van der Waals surface area contributed by atoms with Gasteiger partial charge in [0.05, 0.1) is 6.20 Å². The molecule has 1 aliphatic heterocycles. The quantitative estimate of drug-likeness (QED) is 0.882. The number of carbonyl (C=O) groups excluding carboxylic acids is 1. The summed E-state index contributed by atoms with van der Waals surface area (Å²) in [5.41, 5.74) is 1.06. The Kier molecular flexibility index (Phi) is 4.15. The van der Waals surface area contributed by atoms with Crippen molar-refractivity contribution in [2.45, 2.75) is 6.54 Å². The summed E-state index contributed by atoms with van der Waals surface area (Å²) in [4.78, 5) is 13.6. The van der Waals surface area contributed by atoms with Gasteiger partial charge in [-0.2, -0.15) is 5.10 Å². The van der Waals surface area contributed by atoms with Crippen molar-refractivity contribution in [2.75, 3.05) is 18.0 Å². The van der Waals surface area contributed by atoms with Gasteiger partial charge < -0.3 is 10.2 Å². The number of nitrogens with zero attached hydrogens (tertiary/aromatic N) is 3. The molecule has 22 heavy (non-hydrogen) atoms. The lowest BCUT2D eigenvalue weighted by atomic mass is 10.1. The standard InChI is InChI=1S/C16H17ClN4O/c1-2-15(22)18-9-12-10-20(14-5-3-13(17)4-6-14)16-7-8-19-21(16)11-12/h2-8,12H,1,9-11H2,(H,18,22). The summed E-state index contributed by atoms with van der Waals surface area (Å²) >= 11 is 5.97. The molecule has 1 N–H and O–H groups in total. The van der Waals surface area contributed by atoms with Gasteiger partial charge in [-0.05, 0) is 30.3 Å². The number of amides is 1. The monoisotopic (exact) mass is 316 g/mol. The minimum Gasteiger partial charge on any atom is -0.352 e. The van der Waals surface area contributed by atoms with Crippen LogP contribution in [0.15, 0.2) is 49.2 Å². The van der Waals surface area contributed by atoms with Crippen molar-refractivity contribution in [1.29, 1.82) is 0 Å². The van der Waals surface area contributed by atoms with Crippen molar-refractivity contribution in [3.63, 3.8) is 0 Å². The van der Waals surface area contributed by atoms with Gasteiger partial charge in [0.15, 0.2) is 0 Å². The number of halogens is 1. The first-order valence-electron chi connectivity index (χ1n) is 7.12. The molecule has 1 amide bonds. The highest BCUT2D eigenvalue weighted by Crippen LogP contribution is 2.31. The summed E-state index contributed by atoms with van der Waals surface area (Å²) in [5, 5.41) is 7.94. The first-order chi connectivity index (χ1) is 10.7. The van der Waals surface area contributed by atoms with Crippen LogP contribution in [0.5, 0.6) is 0 Å². The van der Waals surface area contributed by atoms with Crippen molar-refractivity contribution in [3.05, 3.63) is 54.2 Å². The molecule has 2 heterocycles. The number of aromatic nitrogens is 2. The number of anilines is 2. The first kappa shape index (κ1) is 14.7. The zero-order valence-electron chi connectivity index (χ0n) is 12.1. The van der Waals surface area contributed by atoms with E-state index in [1.54, 1.807) is 6.20 Å². The van der Waals surface area contributed by atoms with Crippen LogP contribution >= 0.6 is 11.6 Å². The highest BCUT2D eigenvalue weighted by atomic mass is 35.5. The van der Waals surface area contributed by atoms with Crippen molar-refractivity contribution >= 4 is 29.0 Å². The maximum Gasteiger partial charge on any atom is 0.243 e. The molecule has 1 aliphatic rings. The van der Waals surface area contributed by atoms with Crippen LogP contribution in [-0.4, -0.2) is 28.8 Å². The molecule has 0 bridgehead atoms. The summed E-state index contributed by atoms with van der Waals surface area (Å²) in [7, 11) is 0. The topological polar surface area (TPSA) is 50.2 Å². The highest BCUT2D eigenvalue weighted by Gasteiger charge is 2.26. The molecule has 0 radical (unpaired) electrons. The van der Waals surface area contributed by atoms with E-state index < -0.39 is 0 Å². The SMILES string of the molecule is C=CC(=O)NCC1CN(c2ccc(Cl)cc2)c2ccnn2C1. The molecule has 1 unspecified atom stereocenters. The van der Waals surface area contributed by atoms with E-state index in [-0.39, 0.29) is 11.8 Å². The zero-order chi connectivity index (χ0) is 15.5. The molecule has 1 aromatic heterocycles. The van der Waals surface area contributed by atoms with E-state index in [4.69, 9.17) is 11.6 Å². The van der Waals surface area contributed by atoms with Crippen LogP contribution < -0.4 is 10.2 Å². The number of hydrogen-bond acceptors (Lipinski definition) is 3. The summed E-state index contributed by atoms with van der Waals surface area (Å²) in [6.45, 7) is 5.65. The van der Waals surface area contributed by atoms with Gasteiger partial charge in [-0.1, -0.05) is 18.2 Å². The molecular formula is C16H17ClN4O. The molecule has 0 spiro atoms. The number of nitrogens with one attached hydrogen (secondary N) is 1. The normalized spacial score (nSPS) is 17.0. The lowest BCUT2D eigenvalue weighted by Crippen LogP contribution is -2.41. The predicted octanol–water partition coefficient (Wildman–Crippen LogP) is 2.61. The number of carbonyl (C=O) groups is 1. The smallest absolute Gasteiger partial charge is 0.243 e. The van der Waals surface area contributed by atoms with Gasteiger partial charge in [-0.3, -0.25) is 4.79 Å². The van der Waals surface area contributed by atoms with Gasteiger partial charge in [-0.25, -0.2) is 4.68 Å². The second kappa shape index (κ2) is 6.23. The fraction of sp³-hybridized carbons (Fsp3) is 0.250. The fourth-order valence-electron chi connectivity index (χ4n) is 2.65. The highest BCUT2D eigenvalue weighted by molar-refractivity contribution is 6.30. The number of benzene rings is 1. The number of hydrogen-bond donors (Lipinski definition) is 1. The summed E-state index contributed by atoms with van der Waals surface area (Å²) in [6, 6.07) is 9.73. The third-order valence-electron chi connectivity index (χ3n) is 3.73. The molecule has 0 saturated heterocycles. The third-order valence-corrected chi connectivity index (χ3v) is 3.98. The van der Waals surface area contributed by atoms with E-state index in [0.717, 1.165) is 24.6 Å². The van der Waals surface area contributed by atoms with Gasteiger partial charge >= 0.3 is 0 Å². The molecule has 0 aliphatic carbocycles. The van der Waals surface area contributed by atoms with Gasteiger partial charge in [0.1, 0.15) is 5.82 Å². The Morgan fingerprint density at radius 1 is 1.36 bits per heavy atom. The summed E-state index contributed by atoms with van der Waals surface area (Å²) in [6.07, 6.45) is 3.09. The van der Waals surface area contributed by atoms with Crippen molar-refractivity contribution in [1.82, 2.24) is 15.1 Å². The van der Waals surface area contributed by atoms with Crippen LogP contribution in [0.2, 0.25) is 5.02 Å². The summed E-state index contributed by atoms with van der Waals surface area (Å²) in [5.74, 6) is 1.17. The zero-order valence-corrected chi connectivity index (χ0v) is 12.8.